The van der Waals surface area contributed by atoms with E-state index in [0.717, 1.165) is 17.8 Å². The number of carbonyl (C=O) groups is 1. The molecular formula is C15H20N4O2. The van der Waals surface area contributed by atoms with Gasteiger partial charge in [-0.1, -0.05) is 6.92 Å². The average molecular weight is 288 g/mol. The van der Waals surface area contributed by atoms with E-state index in [-0.39, 0.29) is 12.0 Å². The van der Waals surface area contributed by atoms with Crippen LogP contribution in [0.25, 0.3) is 0 Å². The van der Waals surface area contributed by atoms with Crippen LogP contribution in [0.4, 0.5) is 11.4 Å². The summed E-state index contributed by atoms with van der Waals surface area (Å²) in [6.07, 6.45) is 0.839. The summed E-state index contributed by atoms with van der Waals surface area (Å²) in [7, 11) is 1.35. The maximum atomic E-state index is 11.6. The number of nitrogens with zero attached hydrogens (tertiary/aromatic N) is 1. The highest BCUT2D eigenvalue weighted by molar-refractivity contribution is 5.92. The molecule has 6 nitrogen and oxygen atoms in total. The van der Waals surface area contributed by atoms with Gasteiger partial charge in [-0.3, -0.25) is 5.10 Å². The molecule has 2 aromatic rings. The number of hydrogen-bond acceptors (Lipinski definition) is 5. The van der Waals surface area contributed by atoms with Gasteiger partial charge in [-0.25, -0.2) is 4.79 Å². The van der Waals surface area contributed by atoms with Crippen molar-refractivity contribution in [2.24, 2.45) is 0 Å². The van der Waals surface area contributed by atoms with E-state index in [2.05, 4.69) is 22.4 Å². The Morgan fingerprint density at radius 3 is 2.81 bits per heavy atom. The average Bonchev–Trinajstić information content (AvgIpc) is 2.92. The van der Waals surface area contributed by atoms with Crippen molar-refractivity contribution in [1.29, 1.82) is 0 Å². The first-order chi connectivity index (χ1) is 10.0. The van der Waals surface area contributed by atoms with Gasteiger partial charge in [0.25, 0.3) is 0 Å². The second kappa shape index (κ2) is 6.30. The van der Waals surface area contributed by atoms with Gasteiger partial charge in [0.05, 0.1) is 35.8 Å². The number of H-pyrrole nitrogens is 1. The van der Waals surface area contributed by atoms with E-state index in [0.29, 0.717) is 16.9 Å². The van der Waals surface area contributed by atoms with Crippen molar-refractivity contribution in [3.8, 4) is 0 Å². The van der Waals surface area contributed by atoms with Gasteiger partial charge in [-0.2, -0.15) is 5.10 Å². The lowest BCUT2D eigenvalue weighted by Crippen LogP contribution is -2.12. The van der Waals surface area contributed by atoms with Crippen molar-refractivity contribution in [3.63, 3.8) is 0 Å². The van der Waals surface area contributed by atoms with Gasteiger partial charge >= 0.3 is 5.97 Å². The lowest BCUT2D eigenvalue weighted by Gasteiger charge is -2.18. The van der Waals surface area contributed by atoms with Gasteiger partial charge in [-0.15, -0.1) is 0 Å². The van der Waals surface area contributed by atoms with Gasteiger partial charge in [0.15, 0.2) is 0 Å². The van der Waals surface area contributed by atoms with Gasteiger partial charge in [0.1, 0.15) is 0 Å². The van der Waals surface area contributed by atoms with Crippen LogP contribution in [-0.4, -0.2) is 23.3 Å². The minimum absolute atomic E-state index is 0.0187. The molecule has 0 fully saturated rings. The summed E-state index contributed by atoms with van der Waals surface area (Å²) in [6.45, 7) is 4.01. The Labute approximate surface area is 123 Å². The third-order valence-electron chi connectivity index (χ3n) is 3.30. The zero-order valence-corrected chi connectivity index (χ0v) is 12.4. The Morgan fingerprint density at radius 1 is 1.48 bits per heavy atom. The Kier molecular flexibility index (Phi) is 4.47. The Bertz CT molecular complexity index is 636. The number of carbonyl (C=O) groups excluding carboxylic acids is 1. The number of esters is 1. The number of nitrogen functional groups attached to an aromatic ring is 1. The van der Waals surface area contributed by atoms with E-state index in [4.69, 9.17) is 10.5 Å². The molecule has 1 aromatic heterocycles. The molecule has 1 heterocycles. The van der Waals surface area contributed by atoms with Crippen LogP contribution in [0.3, 0.4) is 0 Å². The van der Waals surface area contributed by atoms with Crippen molar-refractivity contribution >= 4 is 17.3 Å². The van der Waals surface area contributed by atoms with Crippen molar-refractivity contribution in [2.45, 2.75) is 26.3 Å². The lowest BCUT2D eigenvalue weighted by atomic mass is 10.1. The van der Waals surface area contributed by atoms with Gasteiger partial charge in [0, 0.05) is 5.69 Å². The van der Waals surface area contributed by atoms with Crippen molar-refractivity contribution in [2.75, 3.05) is 18.2 Å². The fourth-order valence-corrected chi connectivity index (χ4v) is 2.12. The molecular weight excluding hydrogens is 268 g/mol. The minimum atomic E-state index is -0.387. The fourth-order valence-electron chi connectivity index (χ4n) is 2.12. The molecule has 112 valence electrons. The van der Waals surface area contributed by atoms with E-state index >= 15 is 0 Å². The number of ether oxygens (including phenoxy) is 1. The monoisotopic (exact) mass is 288 g/mol. The molecule has 0 aliphatic rings. The lowest BCUT2D eigenvalue weighted by molar-refractivity contribution is 0.0601. The first-order valence-electron chi connectivity index (χ1n) is 6.81. The minimum Gasteiger partial charge on any atom is -0.465 e. The molecule has 0 aliphatic carbocycles. The molecule has 2 rings (SSSR count). The molecule has 1 atom stereocenters. The highest BCUT2D eigenvalue weighted by atomic mass is 16.5. The standard InChI is InChI=1S/C15H20N4O2/c1-4-12(14-7-9(2)18-19-14)17-13-8-10(15(20)21-3)5-6-11(13)16/h5-8,12,17H,4,16H2,1-3H3,(H,18,19). The van der Waals surface area contributed by atoms with Crippen LogP contribution in [0, 0.1) is 6.92 Å². The van der Waals surface area contributed by atoms with Crippen LogP contribution >= 0.6 is 0 Å². The van der Waals surface area contributed by atoms with E-state index in [1.807, 2.05) is 13.0 Å². The van der Waals surface area contributed by atoms with Crippen molar-refractivity contribution < 1.29 is 9.53 Å². The van der Waals surface area contributed by atoms with Crippen molar-refractivity contribution in [3.05, 3.63) is 41.2 Å². The Balaban J connectivity index is 2.26. The van der Waals surface area contributed by atoms with Gasteiger partial charge < -0.3 is 15.8 Å². The van der Waals surface area contributed by atoms with Crippen LogP contribution in [0.15, 0.2) is 24.3 Å². The normalized spacial score (nSPS) is 12.0. The predicted molar refractivity (Wildman–Crippen MR) is 82.2 cm³/mol. The van der Waals surface area contributed by atoms with Crippen LogP contribution in [-0.2, 0) is 4.74 Å². The first kappa shape index (κ1) is 14.9. The number of aromatic amines is 1. The zero-order chi connectivity index (χ0) is 15.4. The zero-order valence-electron chi connectivity index (χ0n) is 12.4. The molecule has 4 N–H and O–H groups in total. The summed E-state index contributed by atoms with van der Waals surface area (Å²) in [4.78, 5) is 11.6. The number of benzene rings is 1. The summed E-state index contributed by atoms with van der Waals surface area (Å²) in [5.41, 5.74) is 9.63. The number of hydrogen-bond donors (Lipinski definition) is 3. The number of nitrogens with two attached hydrogens (primary N) is 1. The Hall–Kier alpha value is -2.50. The van der Waals surface area contributed by atoms with Crippen LogP contribution in [0.1, 0.15) is 41.1 Å². The fraction of sp³-hybridized carbons (Fsp3) is 0.333. The molecule has 0 radical (unpaired) electrons. The summed E-state index contributed by atoms with van der Waals surface area (Å²) in [5, 5.41) is 10.5. The highest BCUT2D eigenvalue weighted by Crippen LogP contribution is 2.27. The number of nitrogens with one attached hydrogen (secondary N) is 2. The molecule has 0 aliphatic heterocycles. The quantitative estimate of drug-likeness (QED) is 0.581. The second-order valence-electron chi connectivity index (χ2n) is 4.87. The highest BCUT2D eigenvalue weighted by Gasteiger charge is 2.15. The molecule has 0 spiro atoms. The number of anilines is 2. The number of methoxy groups -OCH3 is 1. The van der Waals surface area contributed by atoms with E-state index in [1.54, 1.807) is 18.2 Å². The molecule has 1 aromatic carbocycles. The number of aromatic nitrogens is 2. The molecule has 21 heavy (non-hydrogen) atoms. The maximum Gasteiger partial charge on any atom is 0.337 e. The maximum absolute atomic E-state index is 11.6. The summed E-state index contributed by atoms with van der Waals surface area (Å²) in [5.74, 6) is -0.387. The number of rotatable bonds is 5. The summed E-state index contributed by atoms with van der Waals surface area (Å²) >= 11 is 0. The second-order valence-corrected chi connectivity index (χ2v) is 4.87. The van der Waals surface area contributed by atoms with Crippen LogP contribution < -0.4 is 11.1 Å². The van der Waals surface area contributed by atoms with E-state index < -0.39 is 0 Å². The third-order valence-corrected chi connectivity index (χ3v) is 3.30. The largest absolute Gasteiger partial charge is 0.465 e. The summed E-state index contributed by atoms with van der Waals surface area (Å²) in [6, 6.07) is 7.04. The topological polar surface area (TPSA) is 93.0 Å². The Morgan fingerprint density at radius 2 is 2.24 bits per heavy atom. The predicted octanol–water partition coefficient (Wildman–Crippen LogP) is 2.65. The van der Waals surface area contributed by atoms with E-state index in [9.17, 15) is 4.79 Å². The third kappa shape index (κ3) is 3.34. The molecule has 0 bridgehead atoms. The SMILES string of the molecule is CCC(Nc1cc(C(=O)OC)ccc1N)c1cc(C)[nH]n1. The first-order valence-corrected chi connectivity index (χ1v) is 6.81. The molecule has 6 heteroatoms. The molecule has 1 unspecified atom stereocenters. The molecule has 0 saturated carbocycles. The van der Waals surface area contributed by atoms with Gasteiger partial charge in [0.2, 0.25) is 0 Å². The molecule has 0 amide bonds. The van der Waals surface area contributed by atoms with Crippen molar-refractivity contribution in [1.82, 2.24) is 10.2 Å². The molecule has 0 saturated heterocycles. The smallest absolute Gasteiger partial charge is 0.337 e. The van der Waals surface area contributed by atoms with Crippen LogP contribution in [0.2, 0.25) is 0 Å². The summed E-state index contributed by atoms with van der Waals surface area (Å²) < 4.78 is 4.73. The van der Waals surface area contributed by atoms with E-state index in [1.165, 1.54) is 7.11 Å². The van der Waals surface area contributed by atoms with Gasteiger partial charge in [-0.05, 0) is 37.6 Å². The number of aryl methyl sites for hydroxylation is 1. The van der Waals surface area contributed by atoms with Crippen LogP contribution in [0.5, 0.6) is 0 Å².